The summed E-state index contributed by atoms with van der Waals surface area (Å²) in [6.07, 6.45) is 2.37. The van der Waals surface area contributed by atoms with Gasteiger partial charge in [-0.2, -0.15) is 4.57 Å². The smallest absolute Gasteiger partial charge is 0.321 e. The standard InChI is InChI=1S/C34H41N4/c1-22(2)25-16-14-17-26(23(3)4)31(25)38-21-30(34(6,7)27-18-11-10-15-24(27)5)37(9)33(38)32-35-28-19-12-13-20-29(28)36(32)8/h10-23H,1-9H3/q+1. The Hall–Kier alpha value is -3.66. The molecule has 0 aliphatic heterocycles. The number of fused-ring (bicyclic) bond motifs is 1. The van der Waals surface area contributed by atoms with Crippen molar-refractivity contribution in [3.8, 4) is 17.3 Å². The molecule has 38 heavy (non-hydrogen) atoms. The van der Waals surface area contributed by atoms with E-state index in [9.17, 15) is 0 Å². The molecular weight excluding hydrogens is 464 g/mol. The third-order valence-electron chi connectivity index (χ3n) is 8.19. The lowest BCUT2D eigenvalue weighted by Gasteiger charge is -2.24. The van der Waals surface area contributed by atoms with Crippen molar-refractivity contribution < 1.29 is 4.57 Å². The molecule has 4 heteroatoms. The van der Waals surface area contributed by atoms with Gasteiger partial charge in [0.15, 0.2) is 5.69 Å². The first-order valence-corrected chi connectivity index (χ1v) is 13.8. The number of benzene rings is 3. The van der Waals surface area contributed by atoms with Crippen LogP contribution in [0.5, 0.6) is 0 Å². The molecule has 0 aliphatic rings. The van der Waals surface area contributed by atoms with Gasteiger partial charge in [-0.05, 0) is 55.9 Å². The molecule has 0 radical (unpaired) electrons. The highest BCUT2D eigenvalue weighted by Gasteiger charge is 2.38. The number of hydrogen-bond donors (Lipinski definition) is 0. The predicted molar refractivity (Wildman–Crippen MR) is 158 cm³/mol. The summed E-state index contributed by atoms with van der Waals surface area (Å²) < 4.78 is 7.04. The van der Waals surface area contributed by atoms with Crippen molar-refractivity contribution in [1.82, 2.24) is 14.1 Å². The van der Waals surface area contributed by atoms with E-state index in [1.54, 1.807) is 0 Å². The summed E-state index contributed by atoms with van der Waals surface area (Å²) in [6.45, 7) is 16.1. The minimum absolute atomic E-state index is 0.213. The van der Waals surface area contributed by atoms with Crippen LogP contribution in [0.2, 0.25) is 0 Å². The molecule has 5 rings (SSSR count). The first-order chi connectivity index (χ1) is 18.0. The largest absolute Gasteiger partial charge is 0.330 e. The Kier molecular flexibility index (Phi) is 6.54. The third kappa shape index (κ3) is 4.07. The van der Waals surface area contributed by atoms with E-state index in [4.69, 9.17) is 4.98 Å². The van der Waals surface area contributed by atoms with Crippen molar-refractivity contribution in [1.29, 1.82) is 0 Å². The van der Waals surface area contributed by atoms with Crippen LogP contribution >= 0.6 is 0 Å². The van der Waals surface area contributed by atoms with E-state index in [1.165, 1.54) is 33.6 Å². The topological polar surface area (TPSA) is 26.6 Å². The fraction of sp³-hybridized carbons (Fsp3) is 0.353. The highest BCUT2D eigenvalue weighted by Crippen LogP contribution is 2.37. The maximum absolute atomic E-state index is 5.19. The number of rotatable bonds is 6. The Morgan fingerprint density at radius 3 is 1.97 bits per heavy atom. The second kappa shape index (κ2) is 9.58. The maximum atomic E-state index is 5.19. The van der Waals surface area contributed by atoms with Gasteiger partial charge in [-0.1, -0.05) is 82.3 Å². The lowest BCUT2D eigenvalue weighted by Crippen LogP contribution is -2.36. The van der Waals surface area contributed by atoms with Gasteiger partial charge in [-0.25, -0.2) is 9.55 Å². The van der Waals surface area contributed by atoms with E-state index in [-0.39, 0.29) is 5.41 Å². The maximum Gasteiger partial charge on any atom is 0.330 e. The fourth-order valence-corrected chi connectivity index (χ4v) is 6.10. The molecule has 0 saturated heterocycles. The second-order valence-electron chi connectivity index (χ2n) is 11.8. The minimum Gasteiger partial charge on any atom is -0.321 e. The second-order valence-corrected chi connectivity index (χ2v) is 11.8. The van der Waals surface area contributed by atoms with E-state index in [0.717, 1.165) is 22.7 Å². The number of nitrogens with zero attached hydrogens (tertiary/aromatic N) is 4. The SMILES string of the molecule is Cc1ccccc1C(C)(C)c1c[n+](-c2c(C(C)C)cccc2C(C)C)c(-c2nc3ccccc3n2C)n1C. The van der Waals surface area contributed by atoms with E-state index in [2.05, 4.69) is 149 Å². The zero-order chi connectivity index (χ0) is 27.4. The number of aromatic nitrogens is 4. The van der Waals surface area contributed by atoms with Crippen LogP contribution in [-0.4, -0.2) is 14.1 Å². The summed E-state index contributed by atoms with van der Waals surface area (Å²) in [5.74, 6) is 2.83. The molecule has 4 nitrogen and oxygen atoms in total. The highest BCUT2D eigenvalue weighted by molar-refractivity contribution is 5.79. The summed E-state index contributed by atoms with van der Waals surface area (Å²) in [4.78, 5) is 5.19. The summed E-state index contributed by atoms with van der Waals surface area (Å²) in [7, 11) is 4.33. The first kappa shape index (κ1) is 26.0. The van der Waals surface area contributed by atoms with Crippen molar-refractivity contribution in [3.05, 3.63) is 101 Å². The van der Waals surface area contributed by atoms with Gasteiger partial charge in [0.25, 0.3) is 0 Å². The molecule has 0 fully saturated rings. The van der Waals surface area contributed by atoms with Gasteiger partial charge < -0.3 is 4.57 Å². The fourth-order valence-electron chi connectivity index (χ4n) is 6.10. The van der Waals surface area contributed by atoms with Gasteiger partial charge in [0, 0.05) is 18.2 Å². The van der Waals surface area contributed by atoms with Gasteiger partial charge >= 0.3 is 5.82 Å². The molecule has 0 atom stereocenters. The molecule has 0 amide bonds. The lowest BCUT2D eigenvalue weighted by molar-refractivity contribution is -0.585. The van der Waals surface area contributed by atoms with Crippen LogP contribution in [0.3, 0.4) is 0 Å². The van der Waals surface area contributed by atoms with Crippen molar-refractivity contribution in [2.75, 3.05) is 0 Å². The van der Waals surface area contributed by atoms with E-state index >= 15 is 0 Å². The summed E-state index contributed by atoms with van der Waals surface area (Å²) in [6, 6.07) is 24.0. The van der Waals surface area contributed by atoms with Crippen LogP contribution in [0.15, 0.2) is 72.9 Å². The van der Waals surface area contributed by atoms with Crippen LogP contribution in [0.1, 0.15) is 81.3 Å². The number of hydrogen-bond acceptors (Lipinski definition) is 1. The van der Waals surface area contributed by atoms with Crippen molar-refractivity contribution in [3.63, 3.8) is 0 Å². The zero-order valence-corrected chi connectivity index (χ0v) is 24.4. The number of aryl methyl sites for hydroxylation is 2. The van der Waals surface area contributed by atoms with Gasteiger partial charge in [-0.3, -0.25) is 0 Å². The molecule has 2 heterocycles. The van der Waals surface area contributed by atoms with Gasteiger partial charge in [0.2, 0.25) is 5.82 Å². The Morgan fingerprint density at radius 2 is 1.37 bits per heavy atom. The van der Waals surface area contributed by atoms with E-state index in [1.807, 2.05) is 0 Å². The van der Waals surface area contributed by atoms with Crippen molar-refractivity contribution >= 4 is 11.0 Å². The first-order valence-electron chi connectivity index (χ1n) is 13.8. The van der Waals surface area contributed by atoms with E-state index < -0.39 is 0 Å². The molecule has 2 aromatic heterocycles. The number of para-hydroxylation sites is 3. The van der Waals surface area contributed by atoms with E-state index in [0.29, 0.717) is 11.8 Å². The zero-order valence-electron chi connectivity index (χ0n) is 24.4. The van der Waals surface area contributed by atoms with Crippen LogP contribution in [0.25, 0.3) is 28.4 Å². The highest BCUT2D eigenvalue weighted by atomic mass is 15.2. The quantitative estimate of drug-likeness (QED) is 0.217. The van der Waals surface area contributed by atoms with Gasteiger partial charge in [0.05, 0.1) is 23.5 Å². The Balaban J connectivity index is 1.91. The summed E-state index contributed by atoms with van der Waals surface area (Å²) in [5, 5.41) is 0. The van der Waals surface area contributed by atoms with Gasteiger partial charge in [0.1, 0.15) is 11.9 Å². The minimum atomic E-state index is -0.213. The average Bonchev–Trinajstić information content (AvgIpc) is 3.40. The number of imidazole rings is 2. The Bertz CT molecular complexity index is 1600. The Labute approximate surface area is 227 Å². The summed E-state index contributed by atoms with van der Waals surface area (Å²) >= 11 is 0. The molecule has 0 N–H and O–H groups in total. The predicted octanol–water partition coefficient (Wildman–Crippen LogP) is 7.74. The molecule has 0 saturated carbocycles. The van der Waals surface area contributed by atoms with Crippen LogP contribution in [0, 0.1) is 6.92 Å². The molecule has 0 unspecified atom stereocenters. The normalized spacial score (nSPS) is 12.3. The van der Waals surface area contributed by atoms with Crippen LogP contribution in [0.4, 0.5) is 0 Å². The lowest BCUT2D eigenvalue weighted by atomic mass is 9.79. The Morgan fingerprint density at radius 1 is 0.763 bits per heavy atom. The van der Waals surface area contributed by atoms with Crippen LogP contribution < -0.4 is 4.57 Å². The molecule has 0 bridgehead atoms. The molecule has 0 spiro atoms. The monoisotopic (exact) mass is 505 g/mol. The molecule has 0 aliphatic carbocycles. The molecule has 5 aromatic rings. The van der Waals surface area contributed by atoms with Gasteiger partial charge in [-0.15, -0.1) is 0 Å². The molecule has 3 aromatic carbocycles. The molecular formula is C34H41N4+. The molecule has 196 valence electrons. The van der Waals surface area contributed by atoms with Crippen LogP contribution in [-0.2, 0) is 19.5 Å². The van der Waals surface area contributed by atoms with Crippen molar-refractivity contribution in [2.45, 2.75) is 65.7 Å². The van der Waals surface area contributed by atoms with Crippen molar-refractivity contribution in [2.24, 2.45) is 14.1 Å². The third-order valence-corrected chi connectivity index (χ3v) is 8.19. The average molecular weight is 506 g/mol. The summed E-state index contributed by atoms with van der Waals surface area (Å²) in [5.41, 5.74) is 9.82.